The summed E-state index contributed by atoms with van der Waals surface area (Å²) in [5, 5.41) is 0. The topological polar surface area (TPSA) is 6.48 Å². The molecule has 2 nitrogen and oxygen atoms in total. The van der Waals surface area contributed by atoms with Crippen molar-refractivity contribution in [3.8, 4) is 0 Å². The number of hydrogen-bond acceptors (Lipinski definition) is 2. The molecular weight excluding hydrogens is 808 g/mol. The van der Waals surface area contributed by atoms with E-state index >= 15 is 0 Å². The van der Waals surface area contributed by atoms with Crippen LogP contribution in [0.25, 0.3) is 0 Å². The number of aryl methyl sites for hydroxylation is 2. The summed E-state index contributed by atoms with van der Waals surface area (Å²) in [5.41, 5.74) is 28.3. The number of hydrogen-bond donors (Lipinski definition) is 0. The molecule has 0 fully saturated rings. The van der Waals surface area contributed by atoms with E-state index < -0.39 is 0 Å². The Kier molecular flexibility index (Phi) is 9.18. The maximum absolute atomic E-state index is 2.73. The van der Waals surface area contributed by atoms with E-state index in [4.69, 9.17) is 0 Å². The summed E-state index contributed by atoms with van der Waals surface area (Å²) in [6.45, 7) is 41.7. The van der Waals surface area contributed by atoms with E-state index in [2.05, 4.69) is 225 Å². The molecular formula is C64H75BN2. The molecule has 2 heterocycles. The molecule has 3 heteroatoms. The number of fused-ring (bicyclic) bond motifs is 7. The fraction of sp³-hybridized carbons (Fsp3) is 0.438. The maximum Gasteiger partial charge on any atom is 0.252 e. The average molecular weight is 883 g/mol. The molecule has 0 atom stereocenters. The molecule has 0 aromatic heterocycles. The lowest BCUT2D eigenvalue weighted by Crippen LogP contribution is -2.61. The first kappa shape index (κ1) is 44.5. The largest absolute Gasteiger partial charge is 0.311 e. The zero-order valence-electron chi connectivity index (χ0n) is 44.0. The molecule has 5 aliphatic rings. The van der Waals surface area contributed by atoms with Gasteiger partial charge in [0.1, 0.15) is 0 Å². The predicted molar refractivity (Wildman–Crippen MR) is 290 cm³/mol. The van der Waals surface area contributed by atoms with Crippen LogP contribution in [-0.2, 0) is 37.9 Å². The minimum atomic E-state index is -0.206. The number of nitrogens with zero attached hydrogens (tertiary/aromatic N) is 2. The van der Waals surface area contributed by atoms with Gasteiger partial charge < -0.3 is 9.80 Å². The minimum Gasteiger partial charge on any atom is -0.311 e. The van der Waals surface area contributed by atoms with E-state index in [1.165, 1.54) is 119 Å². The van der Waals surface area contributed by atoms with Crippen LogP contribution in [-0.4, -0.2) is 6.71 Å². The van der Waals surface area contributed by atoms with E-state index in [1.807, 2.05) is 0 Å². The van der Waals surface area contributed by atoms with Gasteiger partial charge in [-0.2, -0.15) is 0 Å². The fourth-order valence-corrected chi connectivity index (χ4v) is 15.1. The van der Waals surface area contributed by atoms with Crippen LogP contribution in [0.1, 0.15) is 184 Å². The van der Waals surface area contributed by atoms with E-state index in [0.29, 0.717) is 0 Å². The summed E-state index contributed by atoms with van der Waals surface area (Å²) in [4.78, 5) is 5.46. The third-order valence-electron chi connectivity index (χ3n) is 18.3. The first-order valence-corrected chi connectivity index (χ1v) is 25.6. The summed E-state index contributed by atoms with van der Waals surface area (Å²) in [5.74, 6) is 0. The lowest BCUT2D eigenvalue weighted by atomic mass is 9.33. The molecule has 0 N–H and O–H groups in total. The van der Waals surface area contributed by atoms with Crippen molar-refractivity contribution < 1.29 is 0 Å². The quantitative estimate of drug-likeness (QED) is 0.163. The first-order valence-electron chi connectivity index (χ1n) is 25.6. The van der Waals surface area contributed by atoms with Gasteiger partial charge in [0, 0.05) is 39.5 Å². The minimum absolute atomic E-state index is 0.0558. The van der Waals surface area contributed by atoms with Crippen LogP contribution in [0.3, 0.4) is 0 Å². The third kappa shape index (κ3) is 6.27. The van der Waals surface area contributed by atoms with Crippen molar-refractivity contribution in [3.05, 3.63) is 158 Å². The van der Waals surface area contributed by atoms with Gasteiger partial charge in [0.25, 0.3) is 6.71 Å². The summed E-state index contributed by atoms with van der Waals surface area (Å²) < 4.78 is 0. The Morgan fingerprint density at radius 3 is 1.60 bits per heavy atom. The third-order valence-corrected chi connectivity index (χ3v) is 18.3. The van der Waals surface area contributed by atoms with E-state index in [0.717, 1.165) is 12.8 Å². The molecule has 11 rings (SSSR count). The normalized spacial score (nSPS) is 20.4. The Morgan fingerprint density at radius 1 is 0.433 bits per heavy atom. The van der Waals surface area contributed by atoms with Gasteiger partial charge in [-0.3, -0.25) is 0 Å². The van der Waals surface area contributed by atoms with Crippen LogP contribution < -0.4 is 26.2 Å². The van der Waals surface area contributed by atoms with Crippen LogP contribution in [0.5, 0.6) is 0 Å². The zero-order chi connectivity index (χ0) is 47.9. The molecule has 0 unspecified atom stereocenters. The highest BCUT2D eigenvalue weighted by atomic mass is 15.2. The molecule has 6 aromatic rings. The standard InChI is InChI=1S/C64H75BN2/c1-38-29-54-57-55(30-38)67(51-34-46-44(31-39(51)2)58(4,5)27-28-59(46,6)7)52-32-42(64(16,17)41-21-19-18-20-22-41)23-25-48(52)65(57)49-33-45-47(62(12,13)36-61(45,10)11)35-53(49)66(54)50-26-24-43-56(40(50)3)63(14,15)37-60(43,8)9/h18-26,29-35H,27-28,36-37H2,1-17H3. The highest BCUT2D eigenvalue weighted by Gasteiger charge is 2.50. The Hall–Kier alpha value is -5.02. The van der Waals surface area contributed by atoms with Gasteiger partial charge in [0.05, 0.1) is 0 Å². The van der Waals surface area contributed by atoms with Crippen LogP contribution >= 0.6 is 0 Å². The van der Waals surface area contributed by atoms with Crippen LogP contribution in [0.15, 0.2) is 97.1 Å². The Morgan fingerprint density at radius 2 is 0.955 bits per heavy atom. The van der Waals surface area contributed by atoms with Crippen LogP contribution in [0, 0.1) is 20.8 Å². The van der Waals surface area contributed by atoms with Gasteiger partial charge in [-0.25, -0.2) is 0 Å². The van der Waals surface area contributed by atoms with Crippen molar-refractivity contribution >= 4 is 57.2 Å². The molecule has 0 bridgehead atoms. The second-order valence-corrected chi connectivity index (χ2v) is 26.5. The van der Waals surface area contributed by atoms with Crippen LogP contribution in [0.4, 0.5) is 34.1 Å². The van der Waals surface area contributed by atoms with Crippen molar-refractivity contribution in [3.63, 3.8) is 0 Å². The first-order chi connectivity index (χ1) is 31.2. The molecule has 344 valence electrons. The average Bonchev–Trinajstić information content (AvgIpc) is 3.56. The SMILES string of the molecule is Cc1cc2c3c(c1)N(c1ccc4c(c1C)C(C)(C)CC4(C)C)c1cc4c(cc1B3c1ccc(C(C)(C)c3ccccc3)cc1N2c1cc2c(cc1C)C(C)(C)CCC2(C)C)C(C)(C)CC4(C)C. The zero-order valence-corrected chi connectivity index (χ0v) is 44.0. The Labute approximate surface area is 404 Å². The van der Waals surface area contributed by atoms with Gasteiger partial charge in [-0.1, -0.05) is 158 Å². The molecule has 0 radical (unpaired) electrons. The van der Waals surface area contributed by atoms with E-state index in [1.54, 1.807) is 5.56 Å². The number of benzene rings is 6. The number of rotatable bonds is 4. The van der Waals surface area contributed by atoms with Crippen LogP contribution in [0.2, 0.25) is 0 Å². The summed E-state index contributed by atoms with van der Waals surface area (Å²) >= 11 is 0. The molecule has 0 saturated heterocycles. The van der Waals surface area contributed by atoms with Gasteiger partial charge in [0.2, 0.25) is 0 Å². The van der Waals surface area contributed by atoms with Crippen molar-refractivity contribution in [2.24, 2.45) is 0 Å². The molecule has 6 aromatic carbocycles. The van der Waals surface area contributed by atoms with E-state index in [9.17, 15) is 0 Å². The van der Waals surface area contributed by atoms with Crippen molar-refractivity contribution in [1.29, 1.82) is 0 Å². The Bertz CT molecular complexity index is 3100. The van der Waals surface area contributed by atoms with Gasteiger partial charge in [0.15, 0.2) is 0 Å². The Balaban J connectivity index is 1.26. The fourth-order valence-electron chi connectivity index (χ4n) is 15.1. The molecule has 0 saturated carbocycles. The summed E-state index contributed by atoms with van der Waals surface area (Å²) in [6.07, 6.45) is 4.67. The second-order valence-electron chi connectivity index (χ2n) is 26.5. The van der Waals surface area contributed by atoms with Crippen molar-refractivity contribution in [1.82, 2.24) is 0 Å². The van der Waals surface area contributed by atoms with Gasteiger partial charge in [-0.05, 0) is 193 Å². The van der Waals surface area contributed by atoms with Gasteiger partial charge >= 0.3 is 0 Å². The predicted octanol–water partition coefficient (Wildman–Crippen LogP) is 15.3. The lowest BCUT2D eigenvalue weighted by molar-refractivity contribution is 0.332. The second kappa shape index (κ2) is 13.8. The molecule has 0 spiro atoms. The number of anilines is 6. The van der Waals surface area contributed by atoms with Crippen molar-refractivity contribution in [2.45, 2.75) is 181 Å². The van der Waals surface area contributed by atoms with Gasteiger partial charge in [-0.15, -0.1) is 0 Å². The monoisotopic (exact) mass is 883 g/mol. The molecule has 0 amide bonds. The summed E-state index contributed by atoms with van der Waals surface area (Å²) in [6, 6.07) is 39.3. The lowest BCUT2D eigenvalue weighted by Gasteiger charge is -2.47. The molecule has 67 heavy (non-hydrogen) atoms. The highest BCUT2D eigenvalue weighted by Crippen LogP contribution is 2.57. The maximum atomic E-state index is 2.73. The summed E-state index contributed by atoms with van der Waals surface area (Å²) in [7, 11) is 0. The highest BCUT2D eigenvalue weighted by molar-refractivity contribution is 7.00. The smallest absolute Gasteiger partial charge is 0.252 e. The molecule has 3 aliphatic carbocycles. The molecule has 2 aliphatic heterocycles. The van der Waals surface area contributed by atoms with E-state index in [-0.39, 0.29) is 44.6 Å². The van der Waals surface area contributed by atoms with Crippen molar-refractivity contribution in [2.75, 3.05) is 9.80 Å².